The first-order valence-corrected chi connectivity index (χ1v) is 12.6. The van der Waals surface area contributed by atoms with Gasteiger partial charge in [0, 0.05) is 24.8 Å². The number of aromatic nitrogens is 4. The van der Waals surface area contributed by atoms with Crippen LogP contribution in [0.5, 0.6) is 0 Å². The largest absolute Gasteiger partial charge is 0.350 e. The van der Waals surface area contributed by atoms with E-state index in [0.717, 1.165) is 41.4 Å². The highest BCUT2D eigenvalue weighted by Crippen LogP contribution is 2.27. The van der Waals surface area contributed by atoms with Gasteiger partial charge in [0.15, 0.2) is 5.69 Å². The van der Waals surface area contributed by atoms with Crippen LogP contribution in [0, 0.1) is 5.92 Å². The highest BCUT2D eigenvalue weighted by Gasteiger charge is 2.21. The van der Waals surface area contributed by atoms with E-state index in [1.54, 1.807) is 24.5 Å². The molecule has 5 rings (SSSR count). The predicted molar refractivity (Wildman–Crippen MR) is 142 cm³/mol. The van der Waals surface area contributed by atoms with Crippen LogP contribution in [0.3, 0.4) is 0 Å². The van der Waals surface area contributed by atoms with Gasteiger partial charge in [-0.2, -0.15) is 0 Å². The molecule has 0 spiro atoms. The molecule has 2 aromatic carbocycles. The van der Waals surface area contributed by atoms with Crippen LogP contribution in [0.1, 0.15) is 51.4 Å². The smallest absolute Gasteiger partial charge is 0.272 e. The van der Waals surface area contributed by atoms with Gasteiger partial charge in [0.2, 0.25) is 0 Å². The van der Waals surface area contributed by atoms with E-state index >= 15 is 0 Å². The van der Waals surface area contributed by atoms with E-state index in [9.17, 15) is 9.59 Å². The molecule has 190 valence electrons. The maximum atomic E-state index is 13.4. The monoisotopic (exact) mass is 497 g/mol. The van der Waals surface area contributed by atoms with Gasteiger partial charge in [-0.3, -0.25) is 9.59 Å². The minimum absolute atomic E-state index is 0.218. The Labute approximate surface area is 215 Å². The fraction of sp³-hybridized carbons (Fsp3) is 0.321. The second-order valence-corrected chi connectivity index (χ2v) is 9.80. The molecule has 0 atom stereocenters. The molecular weight excluding hydrogens is 466 g/mol. The molecule has 2 heterocycles. The first-order chi connectivity index (χ1) is 18.0. The first-order valence-electron chi connectivity index (χ1n) is 12.6. The summed E-state index contributed by atoms with van der Waals surface area (Å²) in [5.41, 5.74) is 3.18. The van der Waals surface area contributed by atoms with Crippen molar-refractivity contribution in [1.29, 1.82) is 0 Å². The zero-order valence-electron chi connectivity index (χ0n) is 21.1. The Kier molecular flexibility index (Phi) is 7.23. The van der Waals surface area contributed by atoms with Gasteiger partial charge < -0.3 is 15.5 Å². The molecule has 0 aliphatic heterocycles. The van der Waals surface area contributed by atoms with Gasteiger partial charge in [-0.25, -0.2) is 9.67 Å². The number of rotatable bonds is 9. The second-order valence-electron chi connectivity index (χ2n) is 9.80. The molecule has 0 radical (unpaired) electrons. The summed E-state index contributed by atoms with van der Waals surface area (Å²) in [6.45, 7) is 1.91. The third-order valence-corrected chi connectivity index (χ3v) is 6.80. The van der Waals surface area contributed by atoms with Crippen molar-refractivity contribution in [3.05, 3.63) is 83.4 Å². The standard InChI is InChI=1S/C28H31N7O2/c1-34(2)18-21-16-31-33-35(21)17-20-12-13-24(23-10-4-3-9-22(20)23)27(36)32-25-11-6-14-29-26(25)28(37)30-15-19-7-5-8-19/h3-4,6,9-14,16,19H,5,7-8,15,17-18H2,1-2H3,(H,30,37)(H,32,36). The molecule has 1 aliphatic rings. The van der Waals surface area contributed by atoms with Gasteiger partial charge in [0.1, 0.15) is 0 Å². The number of nitrogens with zero attached hydrogens (tertiary/aromatic N) is 5. The van der Waals surface area contributed by atoms with Crippen molar-refractivity contribution in [2.75, 3.05) is 26.0 Å². The van der Waals surface area contributed by atoms with Crippen molar-refractivity contribution in [2.24, 2.45) is 5.92 Å². The van der Waals surface area contributed by atoms with E-state index in [0.29, 0.717) is 30.3 Å². The summed E-state index contributed by atoms with van der Waals surface area (Å²) in [5, 5.41) is 16.0. The van der Waals surface area contributed by atoms with Gasteiger partial charge in [-0.1, -0.05) is 42.0 Å². The normalized spacial score (nSPS) is 13.5. The summed E-state index contributed by atoms with van der Waals surface area (Å²) in [4.78, 5) is 32.5. The quantitative estimate of drug-likeness (QED) is 0.365. The fourth-order valence-electron chi connectivity index (χ4n) is 4.61. The van der Waals surface area contributed by atoms with E-state index in [-0.39, 0.29) is 17.5 Å². The Morgan fingerprint density at radius 2 is 1.84 bits per heavy atom. The average molecular weight is 498 g/mol. The number of hydrogen-bond donors (Lipinski definition) is 2. The zero-order chi connectivity index (χ0) is 25.8. The van der Waals surface area contributed by atoms with Crippen LogP contribution in [0.2, 0.25) is 0 Å². The Morgan fingerprint density at radius 1 is 1.03 bits per heavy atom. The van der Waals surface area contributed by atoms with Gasteiger partial charge in [-0.05, 0) is 67.4 Å². The van der Waals surface area contributed by atoms with E-state index in [1.807, 2.05) is 55.2 Å². The Balaban J connectivity index is 1.38. The van der Waals surface area contributed by atoms with Crippen LogP contribution in [-0.2, 0) is 13.1 Å². The van der Waals surface area contributed by atoms with Crippen molar-refractivity contribution in [1.82, 2.24) is 30.2 Å². The number of amides is 2. The van der Waals surface area contributed by atoms with Crippen LogP contribution >= 0.6 is 0 Å². The minimum atomic E-state index is -0.294. The number of pyridine rings is 1. The van der Waals surface area contributed by atoms with E-state index in [4.69, 9.17) is 0 Å². The van der Waals surface area contributed by atoms with Crippen LogP contribution in [0.25, 0.3) is 10.8 Å². The Morgan fingerprint density at radius 3 is 2.59 bits per heavy atom. The first kappa shape index (κ1) is 24.6. The fourth-order valence-corrected chi connectivity index (χ4v) is 4.61. The third kappa shape index (κ3) is 5.51. The zero-order valence-corrected chi connectivity index (χ0v) is 21.1. The molecule has 0 bridgehead atoms. The molecule has 2 amide bonds. The maximum absolute atomic E-state index is 13.4. The molecule has 4 aromatic rings. The van der Waals surface area contributed by atoms with Crippen molar-refractivity contribution < 1.29 is 9.59 Å². The topological polar surface area (TPSA) is 105 Å². The molecular formula is C28H31N7O2. The molecule has 1 aliphatic carbocycles. The van der Waals surface area contributed by atoms with Crippen molar-refractivity contribution in [3.63, 3.8) is 0 Å². The maximum Gasteiger partial charge on any atom is 0.272 e. The molecule has 37 heavy (non-hydrogen) atoms. The number of anilines is 1. The molecule has 9 nitrogen and oxygen atoms in total. The molecule has 1 saturated carbocycles. The average Bonchev–Trinajstić information content (AvgIpc) is 3.29. The molecule has 0 unspecified atom stereocenters. The van der Waals surface area contributed by atoms with E-state index in [1.165, 1.54) is 6.42 Å². The van der Waals surface area contributed by atoms with Gasteiger partial charge in [-0.15, -0.1) is 5.10 Å². The summed E-state index contributed by atoms with van der Waals surface area (Å²) in [6.07, 6.45) is 6.84. The van der Waals surface area contributed by atoms with Crippen molar-refractivity contribution in [3.8, 4) is 0 Å². The summed E-state index contributed by atoms with van der Waals surface area (Å²) >= 11 is 0. The van der Waals surface area contributed by atoms with E-state index < -0.39 is 0 Å². The molecule has 1 fully saturated rings. The summed E-state index contributed by atoms with van der Waals surface area (Å²) in [7, 11) is 4.01. The molecule has 2 aromatic heterocycles. The highest BCUT2D eigenvalue weighted by atomic mass is 16.2. The molecule has 9 heteroatoms. The Hall–Kier alpha value is -4.11. The van der Waals surface area contributed by atoms with E-state index in [2.05, 4.69) is 30.8 Å². The molecule has 2 N–H and O–H groups in total. The number of nitrogens with one attached hydrogen (secondary N) is 2. The number of carbonyl (C=O) groups is 2. The summed E-state index contributed by atoms with van der Waals surface area (Å²) in [5.74, 6) is -0.0331. The lowest BCUT2D eigenvalue weighted by Crippen LogP contribution is -2.33. The van der Waals surface area contributed by atoms with Crippen LogP contribution in [0.15, 0.2) is 60.9 Å². The number of hydrogen-bond acceptors (Lipinski definition) is 6. The Bertz CT molecular complexity index is 1430. The number of carbonyl (C=O) groups excluding carboxylic acids is 2. The van der Waals surface area contributed by atoms with Gasteiger partial charge in [0.25, 0.3) is 11.8 Å². The second kappa shape index (κ2) is 10.9. The van der Waals surface area contributed by atoms with Gasteiger partial charge >= 0.3 is 0 Å². The van der Waals surface area contributed by atoms with Crippen LogP contribution < -0.4 is 10.6 Å². The number of fused-ring (bicyclic) bond motifs is 1. The highest BCUT2D eigenvalue weighted by molar-refractivity contribution is 6.15. The van der Waals surface area contributed by atoms with Crippen LogP contribution in [0.4, 0.5) is 5.69 Å². The lowest BCUT2D eigenvalue weighted by Gasteiger charge is -2.25. The SMILES string of the molecule is CN(C)Cc1cnnn1Cc1ccc(C(=O)Nc2cccnc2C(=O)NCC2CCC2)c2ccccc12. The minimum Gasteiger partial charge on any atom is -0.350 e. The summed E-state index contributed by atoms with van der Waals surface area (Å²) in [6, 6.07) is 15.0. The van der Waals surface area contributed by atoms with Crippen LogP contribution in [-0.4, -0.2) is 57.3 Å². The third-order valence-electron chi connectivity index (χ3n) is 6.80. The summed E-state index contributed by atoms with van der Waals surface area (Å²) < 4.78 is 1.88. The number of benzene rings is 2. The van der Waals surface area contributed by atoms with Crippen molar-refractivity contribution in [2.45, 2.75) is 32.4 Å². The molecule has 0 saturated heterocycles. The lowest BCUT2D eigenvalue weighted by atomic mass is 9.85. The van der Waals surface area contributed by atoms with Gasteiger partial charge in [0.05, 0.1) is 24.1 Å². The predicted octanol–water partition coefficient (Wildman–Crippen LogP) is 3.72. The van der Waals surface area contributed by atoms with Crippen molar-refractivity contribution >= 4 is 28.3 Å². The lowest BCUT2D eigenvalue weighted by molar-refractivity contribution is 0.0935.